The Balaban J connectivity index is 5.91. The summed E-state index contributed by atoms with van der Waals surface area (Å²) in [6, 6.07) is 0. The van der Waals surface area contributed by atoms with E-state index in [0.29, 0.717) is 0 Å². The van der Waals surface area contributed by atoms with Crippen molar-refractivity contribution in [2.24, 2.45) is 17.3 Å². The molecule has 0 aliphatic carbocycles. The number of halogens is 12. The zero-order valence-corrected chi connectivity index (χ0v) is 21.1. The first-order chi connectivity index (χ1) is 17.8. The highest BCUT2D eigenvalue weighted by atomic mass is 19.4. The highest BCUT2D eigenvalue weighted by Gasteiger charge is 2.87. The van der Waals surface area contributed by atoms with Crippen LogP contribution in [0.3, 0.4) is 0 Å². The van der Waals surface area contributed by atoms with Gasteiger partial charge in [0.1, 0.15) is 0 Å². The molecule has 40 heavy (non-hydrogen) atoms. The van der Waals surface area contributed by atoms with E-state index in [1.54, 1.807) is 0 Å². The van der Waals surface area contributed by atoms with Crippen molar-refractivity contribution in [3.63, 3.8) is 0 Å². The van der Waals surface area contributed by atoms with Crippen LogP contribution in [0.1, 0.15) is 40.0 Å². The monoisotopic (exact) mass is 620 g/mol. The van der Waals surface area contributed by atoms with Crippen LogP contribution < -0.4 is 0 Å². The van der Waals surface area contributed by atoms with Gasteiger partial charge < -0.3 is 24.8 Å². The molecule has 0 rings (SSSR count). The van der Waals surface area contributed by atoms with E-state index in [4.69, 9.17) is 9.84 Å². The maximum absolute atomic E-state index is 13.9. The topological polar surface area (TPSA) is 113 Å². The van der Waals surface area contributed by atoms with Crippen LogP contribution in [-0.4, -0.2) is 89.4 Å². The molecule has 0 heterocycles. The lowest BCUT2D eigenvalue weighted by Crippen LogP contribution is -2.69. The summed E-state index contributed by atoms with van der Waals surface area (Å²) in [5.41, 5.74) is -1.73. The molecule has 0 aliphatic heterocycles. The number of carboxylic acid groups (broad SMARTS) is 1. The summed E-state index contributed by atoms with van der Waals surface area (Å²) < 4.78 is 168. The molecule has 238 valence electrons. The second-order valence-electron chi connectivity index (χ2n) is 9.31. The Hall–Kier alpha value is -2.02. The maximum atomic E-state index is 13.9. The predicted molar refractivity (Wildman–Crippen MR) is 109 cm³/mol. The van der Waals surface area contributed by atoms with Crippen molar-refractivity contribution >= 4 is 11.9 Å². The quantitative estimate of drug-likeness (QED) is 0.114. The smallest absolute Gasteiger partial charge is 0.384 e. The van der Waals surface area contributed by atoms with Crippen LogP contribution in [-0.2, 0) is 19.1 Å². The number of esters is 1. The molecule has 0 fully saturated rings. The minimum absolute atomic E-state index is 0.0266. The van der Waals surface area contributed by atoms with Crippen LogP contribution >= 0.6 is 0 Å². The second kappa shape index (κ2) is 13.3. The summed E-state index contributed by atoms with van der Waals surface area (Å²) in [5, 5.41) is 28.4. The van der Waals surface area contributed by atoms with Crippen molar-refractivity contribution < 1.29 is 87.1 Å². The van der Waals surface area contributed by atoms with E-state index >= 15 is 0 Å². The summed E-state index contributed by atoms with van der Waals surface area (Å²) in [6.07, 6.45) is -8.74. The molecule has 4 atom stereocenters. The molecule has 0 bridgehead atoms. The highest BCUT2D eigenvalue weighted by molar-refractivity contribution is 5.72. The van der Waals surface area contributed by atoms with Gasteiger partial charge in [-0.3, -0.25) is 9.59 Å². The van der Waals surface area contributed by atoms with Gasteiger partial charge in [-0.2, -0.15) is 43.9 Å². The lowest BCUT2D eigenvalue weighted by Gasteiger charge is -2.39. The van der Waals surface area contributed by atoms with Crippen molar-refractivity contribution in [3.8, 4) is 0 Å². The minimum atomic E-state index is -7.78. The molecule has 0 aromatic heterocycles. The summed E-state index contributed by atoms with van der Waals surface area (Å²) in [5.74, 6) is -42.8. The molecule has 3 N–H and O–H groups in total. The molecule has 0 amide bonds. The highest BCUT2D eigenvalue weighted by Crippen LogP contribution is 2.58. The van der Waals surface area contributed by atoms with Gasteiger partial charge in [-0.05, 0) is 19.3 Å². The van der Waals surface area contributed by atoms with Gasteiger partial charge in [0.2, 0.25) is 0 Å². The van der Waals surface area contributed by atoms with Crippen molar-refractivity contribution in [1.82, 2.24) is 0 Å². The van der Waals surface area contributed by atoms with Crippen LogP contribution in [0.5, 0.6) is 0 Å². The number of hydrogen-bond acceptors (Lipinski definition) is 6. The third-order valence-electron chi connectivity index (χ3n) is 6.03. The molecule has 0 saturated heterocycles. The van der Waals surface area contributed by atoms with Gasteiger partial charge in [-0.1, -0.05) is 20.8 Å². The Labute approximate surface area is 219 Å². The molecule has 19 heteroatoms. The number of carboxylic acids is 1. The fourth-order valence-corrected chi connectivity index (χ4v) is 3.57. The van der Waals surface area contributed by atoms with Crippen LogP contribution in [0.25, 0.3) is 0 Å². The fraction of sp³-hybridized carbons (Fsp3) is 0.905. The molecule has 0 radical (unpaired) electrons. The summed E-state index contributed by atoms with van der Waals surface area (Å²) in [4.78, 5) is 23.6. The summed E-state index contributed by atoms with van der Waals surface area (Å²) in [6.45, 7) is -0.776. The first-order valence-corrected chi connectivity index (χ1v) is 11.3. The summed E-state index contributed by atoms with van der Waals surface area (Å²) in [7, 11) is 0. The lowest BCUT2D eigenvalue weighted by atomic mass is 9.73. The third-order valence-corrected chi connectivity index (χ3v) is 6.03. The Morgan fingerprint density at radius 3 is 1.77 bits per heavy atom. The number of rotatable bonds is 18. The molecule has 0 aromatic rings. The zero-order valence-electron chi connectivity index (χ0n) is 21.1. The number of aliphatic carboxylic acids is 1. The Bertz CT molecular complexity index is 856. The van der Waals surface area contributed by atoms with E-state index in [2.05, 4.69) is 4.74 Å². The molecule has 7 nitrogen and oxygen atoms in total. The number of carbonyl (C=O) groups excluding carboxylic acids is 1. The van der Waals surface area contributed by atoms with E-state index in [1.807, 2.05) is 0 Å². The van der Waals surface area contributed by atoms with E-state index in [0.717, 1.165) is 13.8 Å². The van der Waals surface area contributed by atoms with Crippen molar-refractivity contribution in [2.45, 2.75) is 82.4 Å². The van der Waals surface area contributed by atoms with Gasteiger partial charge in [0, 0.05) is 5.41 Å². The summed E-state index contributed by atoms with van der Waals surface area (Å²) >= 11 is 0. The predicted octanol–water partition coefficient (Wildman–Crippen LogP) is 4.83. The number of carbonyl (C=O) groups is 2. The normalized spacial score (nSPS) is 17.8. The Morgan fingerprint density at radius 2 is 1.38 bits per heavy atom. The van der Waals surface area contributed by atoms with Crippen molar-refractivity contribution in [1.29, 1.82) is 0 Å². The molecule has 0 aromatic carbocycles. The lowest BCUT2D eigenvalue weighted by molar-refractivity contribution is -0.414. The van der Waals surface area contributed by atoms with Gasteiger partial charge in [-0.25, -0.2) is 8.78 Å². The van der Waals surface area contributed by atoms with Gasteiger partial charge in [0.05, 0.1) is 25.0 Å². The van der Waals surface area contributed by atoms with E-state index in [-0.39, 0.29) is 6.42 Å². The van der Waals surface area contributed by atoms with Crippen LogP contribution in [0.2, 0.25) is 0 Å². The second-order valence-corrected chi connectivity index (χ2v) is 9.31. The van der Waals surface area contributed by atoms with E-state index in [9.17, 15) is 72.5 Å². The van der Waals surface area contributed by atoms with Crippen LogP contribution in [0, 0.1) is 17.3 Å². The van der Waals surface area contributed by atoms with Gasteiger partial charge in [0.25, 0.3) is 0 Å². The molecular weight excluding hydrogens is 592 g/mol. The van der Waals surface area contributed by atoms with Crippen LogP contribution in [0.15, 0.2) is 0 Å². The number of alkyl halides is 12. The van der Waals surface area contributed by atoms with E-state index in [1.165, 1.54) is 6.92 Å². The van der Waals surface area contributed by atoms with Gasteiger partial charge >= 0.3 is 48.0 Å². The Kier molecular flexibility index (Phi) is 12.6. The average molecular weight is 620 g/mol. The number of aliphatic hydroxyl groups is 2. The standard InChI is InChI=1S/C21H28F12O7/c1-4-11(12(35)36)8-16(3,15(38)39-6-5-34)7-10(2)13(37)40-9-17(24,25)19(28,29)21(32,33)20(30,31)18(26,27)14(22)23/h10-11,14-15,34,38H,4-9H2,1-3H3,(H,35,36). The number of aliphatic hydroxyl groups excluding tert-OH is 2. The number of ether oxygens (including phenoxy) is 2. The molecule has 0 saturated carbocycles. The molecule has 4 unspecified atom stereocenters. The van der Waals surface area contributed by atoms with Crippen molar-refractivity contribution in [2.75, 3.05) is 19.8 Å². The number of hydrogen-bond donors (Lipinski definition) is 3. The van der Waals surface area contributed by atoms with E-state index < -0.39 is 104 Å². The SMILES string of the molecule is CCC(CC(C)(CC(C)C(=O)OCC(F)(F)C(F)(F)C(F)(F)C(F)(F)C(F)(F)C(F)F)C(O)OCCO)C(=O)O. The first-order valence-electron chi connectivity index (χ1n) is 11.3. The Morgan fingerprint density at radius 1 is 0.875 bits per heavy atom. The zero-order chi connectivity index (χ0) is 32.1. The average Bonchev–Trinajstić information content (AvgIpc) is 2.83. The molecular formula is C21H28F12O7. The maximum Gasteiger partial charge on any atom is 0.384 e. The van der Waals surface area contributed by atoms with Crippen molar-refractivity contribution in [3.05, 3.63) is 0 Å². The van der Waals surface area contributed by atoms with Gasteiger partial charge in [0.15, 0.2) is 12.9 Å². The minimum Gasteiger partial charge on any atom is -0.481 e. The fourth-order valence-electron chi connectivity index (χ4n) is 3.57. The van der Waals surface area contributed by atoms with Gasteiger partial charge in [-0.15, -0.1) is 0 Å². The first kappa shape index (κ1) is 38.0. The largest absolute Gasteiger partial charge is 0.481 e. The third kappa shape index (κ3) is 7.63. The van der Waals surface area contributed by atoms with Crippen LogP contribution in [0.4, 0.5) is 52.7 Å². The molecule has 0 aliphatic rings. The molecule has 0 spiro atoms.